The smallest absolute Gasteiger partial charge is 0.464 e. The van der Waals surface area contributed by atoms with E-state index in [1.165, 1.54) is 0 Å². The molecule has 0 aromatic heterocycles. The second kappa shape index (κ2) is 16.1. The summed E-state index contributed by atoms with van der Waals surface area (Å²) in [6.07, 6.45) is -1.03. The fourth-order valence-corrected chi connectivity index (χ4v) is 2.92. The molecular weight excluding hydrogens is 472 g/mol. The van der Waals surface area contributed by atoms with E-state index in [0.717, 1.165) is 12.8 Å². The number of hydrogen-bond donors (Lipinski definition) is 0. The van der Waals surface area contributed by atoms with Gasteiger partial charge in [0.15, 0.2) is 12.2 Å². The van der Waals surface area contributed by atoms with Gasteiger partial charge in [0.2, 0.25) is 0 Å². The van der Waals surface area contributed by atoms with Crippen LogP contribution in [0.15, 0.2) is 0 Å². The number of carbonyl (C=O) groups excluding carboxylic acids is 4. The summed E-state index contributed by atoms with van der Waals surface area (Å²) in [6, 6.07) is 0. The van der Waals surface area contributed by atoms with Crippen LogP contribution in [0.25, 0.3) is 0 Å². The number of rotatable bonds is 18. The first kappa shape index (κ1) is 28.6. The Balaban J connectivity index is 1.50. The number of ether oxygens (including phenoxy) is 9. The van der Waals surface area contributed by atoms with Crippen molar-refractivity contribution in [3.63, 3.8) is 0 Å². The summed E-state index contributed by atoms with van der Waals surface area (Å²) in [6.45, 7) is 4.88. The third-order valence-electron chi connectivity index (χ3n) is 5.17. The van der Waals surface area contributed by atoms with Crippen molar-refractivity contribution in [2.45, 2.75) is 38.9 Å². The van der Waals surface area contributed by atoms with Crippen LogP contribution in [0.3, 0.4) is 0 Å². The molecule has 0 radical (unpaired) electrons. The van der Waals surface area contributed by atoms with Gasteiger partial charge in [-0.05, 0) is 12.8 Å². The van der Waals surface area contributed by atoms with Crippen LogP contribution in [0.2, 0.25) is 0 Å². The highest BCUT2D eigenvalue weighted by molar-refractivity contribution is 5.71. The molecule has 2 aliphatic heterocycles. The lowest BCUT2D eigenvalue weighted by Gasteiger charge is -2.19. The average molecular weight is 507 g/mol. The highest BCUT2D eigenvalue weighted by Gasteiger charge is 2.26. The maximum absolute atomic E-state index is 11.8. The molecule has 0 amide bonds. The van der Waals surface area contributed by atoms with Crippen molar-refractivity contribution in [3.05, 3.63) is 0 Å². The minimum atomic E-state index is -0.745. The highest BCUT2D eigenvalue weighted by Crippen LogP contribution is 2.10. The Morgan fingerprint density at radius 1 is 0.743 bits per heavy atom. The summed E-state index contributed by atoms with van der Waals surface area (Å²) in [5.41, 5.74) is 0. The minimum Gasteiger partial charge on any atom is -0.464 e. The molecule has 0 aliphatic carbocycles. The maximum Gasteiger partial charge on any atom is 0.508 e. The molecule has 0 aromatic carbocycles. The molecule has 0 N–H and O–H groups in total. The number of cyclic esters (lactones) is 4. The van der Waals surface area contributed by atoms with E-state index in [-0.39, 0.29) is 64.7 Å². The van der Waals surface area contributed by atoms with Crippen molar-refractivity contribution in [1.29, 1.82) is 0 Å². The molecular formula is C22H34O13. The molecule has 13 nitrogen and oxygen atoms in total. The number of esters is 2. The van der Waals surface area contributed by atoms with Gasteiger partial charge in [0.25, 0.3) is 0 Å². The van der Waals surface area contributed by atoms with Crippen LogP contribution in [0.4, 0.5) is 9.59 Å². The van der Waals surface area contributed by atoms with Gasteiger partial charge in [-0.25, -0.2) is 19.2 Å². The van der Waals surface area contributed by atoms with Crippen LogP contribution < -0.4 is 0 Å². The van der Waals surface area contributed by atoms with Crippen LogP contribution in [0, 0.1) is 11.8 Å². The van der Waals surface area contributed by atoms with Crippen molar-refractivity contribution in [2.24, 2.45) is 11.8 Å². The van der Waals surface area contributed by atoms with Crippen LogP contribution in [0.5, 0.6) is 0 Å². The van der Waals surface area contributed by atoms with E-state index in [1.807, 2.05) is 13.8 Å². The molecule has 0 bridgehead atoms. The summed E-state index contributed by atoms with van der Waals surface area (Å²) in [5, 5.41) is 0. The first-order valence-electron chi connectivity index (χ1n) is 11.6. The van der Waals surface area contributed by atoms with E-state index >= 15 is 0 Å². The maximum atomic E-state index is 11.8. The first-order valence-corrected chi connectivity index (χ1v) is 11.6. The van der Waals surface area contributed by atoms with Crippen LogP contribution >= 0.6 is 0 Å². The Labute approximate surface area is 203 Å². The lowest BCUT2D eigenvalue weighted by molar-refractivity contribution is -0.152. The zero-order chi connectivity index (χ0) is 25.5. The van der Waals surface area contributed by atoms with Crippen LogP contribution in [-0.4, -0.2) is 103 Å². The third-order valence-corrected chi connectivity index (χ3v) is 5.17. The highest BCUT2D eigenvalue weighted by atomic mass is 16.8. The molecule has 35 heavy (non-hydrogen) atoms. The van der Waals surface area contributed by atoms with Gasteiger partial charge in [-0.15, -0.1) is 0 Å². The summed E-state index contributed by atoms with van der Waals surface area (Å²) in [7, 11) is 0. The van der Waals surface area contributed by atoms with Gasteiger partial charge < -0.3 is 42.6 Å². The van der Waals surface area contributed by atoms with Crippen molar-refractivity contribution in [1.82, 2.24) is 0 Å². The molecule has 0 aromatic rings. The summed E-state index contributed by atoms with van der Waals surface area (Å²) in [4.78, 5) is 45.3. The quantitative estimate of drug-likeness (QED) is 0.194. The van der Waals surface area contributed by atoms with Gasteiger partial charge in [-0.1, -0.05) is 13.8 Å². The Morgan fingerprint density at radius 2 is 1.17 bits per heavy atom. The Kier molecular flexibility index (Phi) is 13.2. The van der Waals surface area contributed by atoms with Crippen molar-refractivity contribution in [3.8, 4) is 0 Å². The minimum absolute atomic E-state index is 0.00487. The van der Waals surface area contributed by atoms with E-state index in [2.05, 4.69) is 9.47 Å². The van der Waals surface area contributed by atoms with Gasteiger partial charge in [0.1, 0.15) is 26.4 Å². The Morgan fingerprint density at radius 3 is 1.51 bits per heavy atom. The molecule has 2 rings (SSSR count). The topological polar surface area (TPSA) is 151 Å². The monoisotopic (exact) mass is 506 g/mol. The fourth-order valence-electron chi connectivity index (χ4n) is 2.92. The standard InChI is InChI=1S/C22H34O13/c1-3-15(7-30-19(23)13-28-9-17-11-32-21(25)34-17)5-27-6-16(4-2)8-31-20(24)14-29-10-18-12-33-22(26)35-18/h15-18H,3-14H2,1-2H3. The fraction of sp³-hybridized carbons (Fsp3) is 0.818. The summed E-state index contributed by atoms with van der Waals surface area (Å²) in [5.74, 6) is -1.03. The van der Waals surface area contributed by atoms with Crippen LogP contribution in [0.1, 0.15) is 26.7 Å². The number of hydrogen-bond acceptors (Lipinski definition) is 13. The van der Waals surface area contributed by atoms with Gasteiger partial charge >= 0.3 is 24.2 Å². The van der Waals surface area contributed by atoms with E-state index in [4.69, 9.17) is 33.2 Å². The zero-order valence-electron chi connectivity index (χ0n) is 20.1. The molecule has 0 saturated carbocycles. The van der Waals surface area contributed by atoms with Gasteiger partial charge in [-0.3, -0.25) is 0 Å². The molecule has 13 heteroatoms. The van der Waals surface area contributed by atoms with E-state index < -0.39 is 36.5 Å². The Hall–Kier alpha value is -2.64. The average Bonchev–Trinajstić information content (AvgIpc) is 3.45. The van der Waals surface area contributed by atoms with Crippen LogP contribution in [-0.2, 0) is 52.2 Å². The Bertz CT molecular complexity index is 626. The lowest BCUT2D eigenvalue weighted by atomic mass is 10.1. The molecule has 2 heterocycles. The number of carbonyl (C=O) groups is 4. The van der Waals surface area contributed by atoms with Crippen molar-refractivity contribution >= 4 is 24.2 Å². The SMILES string of the molecule is CCC(COCC(CC)COC(=O)COCC1COC(=O)O1)COC(=O)COCC1COC(=O)O1. The zero-order valence-corrected chi connectivity index (χ0v) is 20.1. The van der Waals surface area contributed by atoms with Gasteiger partial charge in [0, 0.05) is 11.8 Å². The second-order valence-electron chi connectivity index (χ2n) is 8.08. The molecule has 2 saturated heterocycles. The molecule has 2 aliphatic rings. The van der Waals surface area contributed by atoms with Crippen molar-refractivity contribution < 1.29 is 61.8 Å². The largest absolute Gasteiger partial charge is 0.508 e. The van der Waals surface area contributed by atoms with Gasteiger partial charge in [-0.2, -0.15) is 0 Å². The normalized spacial score (nSPS) is 20.9. The third kappa shape index (κ3) is 12.1. The predicted molar refractivity (Wildman–Crippen MR) is 114 cm³/mol. The first-order chi connectivity index (χ1) is 16.9. The predicted octanol–water partition coefficient (Wildman–Crippen LogP) is 1.25. The second-order valence-corrected chi connectivity index (χ2v) is 8.08. The molecule has 2 fully saturated rings. The van der Waals surface area contributed by atoms with Crippen molar-refractivity contribution in [2.75, 3.05) is 66.1 Å². The molecule has 0 spiro atoms. The van der Waals surface area contributed by atoms with E-state index in [0.29, 0.717) is 13.2 Å². The van der Waals surface area contributed by atoms with E-state index in [9.17, 15) is 19.2 Å². The molecule has 4 atom stereocenters. The van der Waals surface area contributed by atoms with Gasteiger partial charge in [0.05, 0.1) is 39.6 Å². The molecule has 4 unspecified atom stereocenters. The summed E-state index contributed by atoms with van der Waals surface area (Å²) >= 11 is 0. The lowest BCUT2D eigenvalue weighted by Crippen LogP contribution is -2.26. The van der Waals surface area contributed by atoms with E-state index in [1.54, 1.807) is 0 Å². The molecule has 200 valence electrons. The summed E-state index contributed by atoms with van der Waals surface area (Å²) < 4.78 is 45.4.